The first-order valence-corrected chi connectivity index (χ1v) is 11.4. The van der Waals surface area contributed by atoms with Gasteiger partial charge in [0, 0.05) is 30.9 Å². The third-order valence-electron chi connectivity index (χ3n) is 6.68. The molecule has 35 heavy (non-hydrogen) atoms. The Bertz CT molecular complexity index is 1190. The number of rotatable bonds is 5. The summed E-state index contributed by atoms with van der Waals surface area (Å²) >= 11 is 5.98. The van der Waals surface area contributed by atoms with Crippen LogP contribution in [-0.2, 0) is 0 Å². The van der Waals surface area contributed by atoms with Crippen molar-refractivity contribution in [2.75, 3.05) is 26.0 Å². The number of aromatic nitrogens is 2. The summed E-state index contributed by atoms with van der Waals surface area (Å²) in [4.78, 5) is 26.2. The number of hydrogen-bond acceptors (Lipinski definition) is 6. The van der Waals surface area contributed by atoms with E-state index in [2.05, 4.69) is 28.9 Å². The summed E-state index contributed by atoms with van der Waals surface area (Å²) in [5, 5.41) is 9.59. The molecular formula is C25H30Cl3FN4O2. The summed E-state index contributed by atoms with van der Waals surface area (Å²) in [7, 11) is 6.24. The number of ketones is 1. The van der Waals surface area contributed by atoms with Crippen LogP contribution in [0.15, 0.2) is 30.5 Å². The average molecular weight is 544 g/mol. The zero-order chi connectivity index (χ0) is 23.9. The Labute approximate surface area is 222 Å². The second kappa shape index (κ2) is 11.7. The maximum atomic E-state index is 14.1. The summed E-state index contributed by atoms with van der Waals surface area (Å²) in [6.07, 6.45) is 5.81. The molecule has 1 N–H and O–H groups in total. The average Bonchev–Trinajstić information content (AvgIpc) is 2.80. The molecule has 0 bridgehead atoms. The van der Waals surface area contributed by atoms with Gasteiger partial charge in [-0.1, -0.05) is 11.6 Å². The second-order valence-corrected chi connectivity index (χ2v) is 9.37. The Kier molecular flexibility index (Phi) is 9.71. The van der Waals surface area contributed by atoms with Gasteiger partial charge in [-0.3, -0.25) is 9.78 Å². The molecule has 10 heteroatoms. The van der Waals surface area contributed by atoms with E-state index in [1.54, 1.807) is 18.3 Å². The van der Waals surface area contributed by atoms with Gasteiger partial charge < -0.3 is 14.9 Å². The van der Waals surface area contributed by atoms with Gasteiger partial charge in [-0.25, -0.2) is 9.37 Å². The Morgan fingerprint density at radius 3 is 2.29 bits per heavy atom. The first kappa shape index (κ1) is 29.0. The zero-order valence-corrected chi connectivity index (χ0v) is 22.5. The summed E-state index contributed by atoms with van der Waals surface area (Å²) in [6.45, 7) is 1.53. The number of phenolic OH excluding ortho intramolecular Hbond substituents is 1. The highest BCUT2D eigenvalue weighted by Gasteiger charge is 2.28. The standard InChI is InChI=1S/C25H28ClFN4O2.2ClH/c1-14(32)18-13-28-22-10-9-21(15-11-19(26)25(33)20(27)12-15)29-23(22)24(18)31(4)17-7-5-16(6-8-17)30(2)3;;/h9-13,16-17,33H,5-8H2,1-4H3;2*1H/t16-,17-;;. The van der Waals surface area contributed by atoms with E-state index in [4.69, 9.17) is 16.6 Å². The fourth-order valence-electron chi connectivity index (χ4n) is 4.69. The number of nitrogens with zero attached hydrogens (tertiary/aromatic N) is 4. The molecule has 1 aliphatic carbocycles. The number of benzene rings is 1. The quantitative estimate of drug-likeness (QED) is 0.389. The molecule has 0 atom stereocenters. The molecule has 0 amide bonds. The van der Waals surface area contributed by atoms with Gasteiger partial charge in [-0.15, -0.1) is 24.8 Å². The third-order valence-corrected chi connectivity index (χ3v) is 6.96. The summed E-state index contributed by atoms with van der Waals surface area (Å²) < 4.78 is 14.1. The van der Waals surface area contributed by atoms with Crippen molar-refractivity contribution in [3.8, 4) is 17.0 Å². The van der Waals surface area contributed by atoms with E-state index >= 15 is 0 Å². The van der Waals surface area contributed by atoms with Gasteiger partial charge in [0.25, 0.3) is 0 Å². The number of anilines is 1. The van der Waals surface area contributed by atoms with Crippen LogP contribution in [0.1, 0.15) is 43.0 Å². The molecule has 4 rings (SSSR count). The molecule has 0 saturated heterocycles. The molecule has 1 fully saturated rings. The van der Waals surface area contributed by atoms with Crippen LogP contribution >= 0.6 is 36.4 Å². The highest BCUT2D eigenvalue weighted by Crippen LogP contribution is 2.36. The molecule has 2 aromatic heterocycles. The number of fused-ring (bicyclic) bond motifs is 1. The van der Waals surface area contributed by atoms with Gasteiger partial charge in [0.2, 0.25) is 0 Å². The molecule has 0 radical (unpaired) electrons. The summed E-state index contributed by atoms with van der Waals surface area (Å²) in [5.41, 5.74) is 3.41. The first-order valence-electron chi connectivity index (χ1n) is 11.1. The molecule has 1 saturated carbocycles. The topological polar surface area (TPSA) is 69.6 Å². The maximum Gasteiger partial charge on any atom is 0.170 e. The van der Waals surface area contributed by atoms with Crippen molar-refractivity contribution in [1.29, 1.82) is 0 Å². The lowest BCUT2D eigenvalue weighted by molar-refractivity contribution is 0.101. The normalized spacial score (nSPS) is 17.6. The number of carbonyl (C=O) groups excluding carboxylic acids is 1. The monoisotopic (exact) mass is 542 g/mol. The Morgan fingerprint density at radius 1 is 1.09 bits per heavy atom. The lowest BCUT2D eigenvalue weighted by atomic mass is 9.89. The van der Waals surface area contributed by atoms with E-state index < -0.39 is 11.6 Å². The Balaban J connectivity index is 0.00000216. The highest BCUT2D eigenvalue weighted by atomic mass is 35.5. The number of aromatic hydroxyl groups is 1. The van der Waals surface area contributed by atoms with Crippen LogP contribution in [0, 0.1) is 5.82 Å². The largest absolute Gasteiger partial charge is 0.504 e. The molecular weight excluding hydrogens is 514 g/mol. The number of halogens is 4. The van der Waals surface area contributed by atoms with Crippen LogP contribution in [0.2, 0.25) is 5.02 Å². The van der Waals surface area contributed by atoms with Gasteiger partial charge >= 0.3 is 0 Å². The van der Waals surface area contributed by atoms with E-state index in [0.717, 1.165) is 31.4 Å². The minimum Gasteiger partial charge on any atom is -0.504 e. The van der Waals surface area contributed by atoms with E-state index in [0.29, 0.717) is 33.9 Å². The van der Waals surface area contributed by atoms with Crippen LogP contribution in [0.5, 0.6) is 5.75 Å². The van der Waals surface area contributed by atoms with Crippen LogP contribution in [-0.4, -0.2) is 59.0 Å². The smallest absolute Gasteiger partial charge is 0.170 e. The van der Waals surface area contributed by atoms with Crippen molar-refractivity contribution in [2.45, 2.75) is 44.7 Å². The first-order chi connectivity index (χ1) is 15.7. The maximum absolute atomic E-state index is 14.1. The predicted molar refractivity (Wildman–Crippen MR) is 144 cm³/mol. The molecule has 3 aromatic rings. The molecule has 0 spiro atoms. The van der Waals surface area contributed by atoms with Gasteiger partial charge in [0.05, 0.1) is 27.5 Å². The minimum atomic E-state index is -0.815. The highest BCUT2D eigenvalue weighted by molar-refractivity contribution is 6.32. The van der Waals surface area contributed by atoms with Crippen LogP contribution < -0.4 is 4.90 Å². The van der Waals surface area contributed by atoms with Crippen LogP contribution in [0.25, 0.3) is 22.3 Å². The molecule has 0 aliphatic heterocycles. The number of carbonyl (C=O) groups is 1. The Morgan fingerprint density at radius 2 is 1.71 bits per heavy atom. The van der Waals surface area contributed by atoms with Crippen LogP contribution in [0.4, 0.5) is 10.1 Å². The van der Waals surface area contributed by atoms with Crippen molar-refractivity contribution in [3.05, 3.63) is 46.9 Å². The second-order valence-electron chi connectivity index (χ2n) is 8.97. The number of hydrogen-bond donors (Lipinski definition) is 1. The third kappa shape index (κ3) is 5.80. The number of pyridine rings is 2. The SMILES string of the molecule is CC(=O)c1cnc2ccc(-c3cc(F)c(O)c(Cl)c3)nc2c1N(C)[C@H]1CC[C@H](N(C)C)CC1.Cl.Cl. The fourth-order valence-corrected chi connectivity index (χ4v) is 4.89. The van der Waals surface area contributed by atoms with Gasteiger partial charge in [0.1, 0.15) is 5.52 Å². The number of Topliss-reactive ketones (excluding diaryl/α,β-unsaturated/α-hetero) is 1. The van der Waals surface area contributed by atoms with Gasteiger partial charge in [0.15, 0.2) is 17.3 Å². The molecule has 1 aromatic carbocycles. The summed E-state index contributed by atoms with van der Waals surface area (Å²) in [6, 6.07) is 7.05. The van der Waals surface area contributed by atoms with Gasteiger partial charge in [-0.05, 0) is 71.0 Å². The van der Waals surface area contributed by atoms with Crippen molar-refractivity contribution in [2.24, 2.45) is 0 Å². The van der Waals surface area contributed by atoms with E-state index in [-0.39, 0.29) is 41.7 Å². The lowest BCUT2D eigenvalue weighted by Crippen LogP contribution is -2.41. The predicted octanol–water partition coefficient (Wildman–Crippen LogP) is 6.15. The van der Waals surface area contributed by atoms with Crippen molar-refractivity contribution < 1.29 is 14.3 Å². The lowest BCUT2D eigenvalue weighted by Gasteiger charge is -2.38. The van der Waals surface area contributed by atoms with Crippen LogP contribution in [0.3, 0.4) is 0 Å². The fraction of sp³-hybridized carbons (Fsp3) is 0.400. The Hall–Kier alpha value is -2.19. The molecule has 2 heterocycles. The van der Waals surface area contributed by atoms with Crippen molar-refractivity contribution in [3.63, 3.8) is 0 Å². The van der Waals surface area contributed by atoms with Crippen molar-refractivity contribution in [1.82, 2.24) is 14.9 Å². The minimum absolute atomic E-state index is 0. The molecule has 6 nitrogen and oxygen atoms in total. The molecule has 190 valence electrons. The zero-order valence-electron chi connectivity index (χ0n) is 20.1. The van der Waals surface area contributed by atoms with E-state index in [1.807, 2.05) is 7.05 Å². The van der Waals surface area contributed by atoms with E-state index in [9.17, 15) is 14.3 Å². The molecule has 0 unspecified atom stereocenters. The summed E-state index contributed by atoms with van der Waals surface area (Å²) in [5.74, 6) is -1.49. The van der Waals surface area contributed by atoms with Gasteiger partial charge in [-0.2, -0.15) is 0 Å². The van der Waals surface area contributed by atoms with Crippen molar-refractivity contribution >= 4 is 58.9 Å². The van der Waals surface area contributed by atoms with E-state index in [1.165, 1.54) is 19.1 Å². The number of phenols is 1. The molecule has 1 aliphatic rings.